The van der Waals surface area contributed by atoms with Crippen molar-refractivity contribution in [2.45, 2.75) is 31.7 Å². The molecule has 1 N–H and O–H groups in total. The summed E-state index contributed by atoms with van der Waals surface area (Å²) in [6, 6.07) is 15.0. The summed E-state index contributed by atoms with van der Waals surface area (Å²) in [6.45, 7) is 3.21. The largest absolute Gasteiger partial charge is 0.447 e. The van der Waals surface area contributed by atoms with E-state index in [0.29, 0.717) is 5.56 Å². The van der Waals surface area contributed by atoms with Gasteiger partial charge in [-0.3, -0.25) is 5.41 Å². The van der Waals surface area contributed by atoms with E-state index in [1.165, 1.54) is 0 Å². The lowest BCUT2D eigenvalue weighted by molar-refractivity contribution is -0.315. The minimum absolute atomic E-state index is 0.378. The van der Waals surface area contributed by atoms with Gasteiger partial charge in [0, 0.05) is 6.92 Å². The first-order valence-corrected chi connectivity index (χ1v) is 7.16. The molecule has 0 amide bonds. The Bertz CT molecular complexity index is 787. The Balaban J connectivity index is 2.38. The summed E-state index contributed by atoms with van der Waals surface area (Å²) in [7, 11) is 0. The number of ether oxygens (including phenoxy) is 2. The molecule has 3 aliphatic rings. The zero-order valence-corrected chi connectivity index (χ0v) is 12.7. The van der Waals surface area contributed by atoms with E-state index in [9.17, 15) is 15.8 Å². The van der Waals surface area contributed by atoms with Crippen LogP contribution in [0.5, 0.6) is 0 Å². The maximum atomic E-state index is 9.91. The normalized spacial score (nSPS) is 37.1. The SMILES string of the molecule is C[C@H]1O[C@]2(C)OC(=N)[C@]1(C#N)C(C#N)(C#N)[C@H]2c1ccccc1. The van der Waals surface area contributed by atoms with Gasteiger partial charge in [-0.2, -0.15) is 15.8 Å². The topological polar surface area (TPSA) is 114 Å². The quantitative estimate of drug-likeness (QED) is 0.856. The first-order chi connectivity index (χ1) is 10.9. The van der Waals surface area contributed by atoms with Crippen molar-refractivity contribution in [1.29, 1.82) is 21.2 Å². The van der Waals surface area contributed by atoms with E-state index in [1.54, 1.807) is 38.1 Å². The van der Waals surface area contributed by atoms with E-state index in [4.69, 9.17) is 14.9 Å². The Morgan fingerprint density at radius 3 is 2.17 bits per heavy atom. The second kappa shape index (κ2) is 4.56. The fraction of sp³-hybridized carbons (Fsp3) is 0.412. The van der Waals surface area contributed by atoms with Gasteiger partial charge in [-0.15, -0.1) is 0 Å². The molecular weight excluding hydrogens is 292 g/mol. The summed E-state index contributed by atoms with van der Waals surface area (Å²) in [4.78, 5) is 0. The van der Waals surface area contributed by atoms with Crippen molar-refractivity contribution in [2.75, 3.05) is 0 Å². The van der Waals surface area contributed by atoms with Crippen LogP contribution in [-0.4, -0.2) is 17.8 Å². The number of nitrogens with zero attached hydrogens (tertiary/aromatic N) is 3. The Labute approximate surface area is 134 Å². The number of hydrogen-bond donors (Lipinski definition) is 1. The van der Waals surface area contributed by atoms with Gasteiger partial charge in [0.2, 0.25) is 11.7 Å². The van der Waals surface area contributed by atoms with Crippen LogP contribution in [0.4, 0.5) is 0 Å². The molecule has 0 radical (unpaired) electrons. The van der Waals surface area contributed by atoms with Crippen molar-refractivity contribution in [3.8, 4) is 18.2 Å². The standard InChI is InChI=1S/C17H14N4O2/c1-11-17(10-20)14(21)23-15(2,22-11)13(16(17,8-18)9-19)12-6-4-3-5-7-12/h3-7,11,13,21H,1-2H3/t11-,13+,15-,17-/m1/s1. The number of nitrogens with one attached hydrogen (secondary N) is 1. The predicted molar refractivity (Wildman–Crippen MR) is 78.7 cm³/mol. The highest BCUT2D eigenvalue weighted by Crippen LogP contribution is 2.65. The third-order valence-electron chi connectivity index (χ3n) is 4.92. The smallest absolute Gasteiger partial charge is 0.219 e. The lowest BCUT2D eigenvalue weighted by Gasteiger charge is -2.60. The molecule has 3 fully saturated rings. The molecule has 2 bridgehead atoms. The highest BCUT2D eigenvalue weighted by Gasteiger charge is 2.78. The van der Waals surface area contributed by atoms with Crippen LogP contribution in [0, 0.1) is 50.2 Å². The van der Waals surface area contributed by atoms with Crippen molar-refractivity contribution < 1.29 is 9.47 Å². The number of fused-ring (bicyclic) bond motifs is 3. The number of benzene rings is 1. The van der Waals surface area contributed by atoms with Crippen molar-refractivity contribution in [3.05, 3.63) is 35.9 Å². The van der Waals surface area contributed by atoms with Crippen LogP contribution in [0.3, 0.4) is 0 Å². The summed E-state index contributed by atoms with van der Waals surface area (Å²) in [5.41, 5.74) is -2.88. The van der Waals surface area contributed by atoms with E-state index in [0.717, 1.165) is 0 Å². The Kier molecular flexibility index (Phi) is 2.98. The lowest BCUT2D eigenvalue weighted by Crippen LogP contribution is -2.73. The molecule has 0 unspecified atom stereocenters. The molecule has 1 aromatic rings. The van der Waals surface area contributed by atoms with Gasteiger partial charge in [-0.25, -0.2) is 0 Å². The molecule has 0 spiro atoms. The highest BCUT2D eigenvalue weighted by molar-refractivity contribution is 5.89. The van der Waals surface area contributed by atoms with Crippen LogP contribution < -0.4 is 0 Å². The minimum atomic E-state index is -1.77. The van der Waals surface area contributed by atoms with Gasteiger partial charge in [-0.05, 0) is 12.5 Å². The molecule has 6 heteroatoms. The second-order valence-electron chi connectivity index (χ2n) is 6.00. The second-order valence-corrected chi connectivity index (χ2v) is 6.00. The molecule has 3 saturated heterocycles. The maximum Gasteiger partial charge on any atom is 0.219 e. The van der Waals surface area contributed by atoms with Crippen LogP contribution in [0.15, 0.2) is 30.3 Å². The first kappa shape index (κ1) is 15.0. The van der Waals surface area contributed by atoms with Crippen molar-refractivity contribution in [1.82, 2.24) is 0 Å². The fourth-order valence-electron chi connectivity index (χ4n) is 3.94. The van der Waals surface area contributed by atoms with Gasteiger partial charge < -0.3 is 9.47 Å². The zero-order valence-electron chi connectivity index (χ0n) is 12.7. The monoisotopic (exact) mass is 306 g/mol. The van der Waals surface area contributed by atoms with Crippen LogP contribution in [0.1, 0.15) is 25.3 Å². The van der Waals surface area contributed by atoms with E-state index in [2.05, 4.69) is 0 Å². The molecule has 3 heterocycles. The third kappa shape index (κ3) is 1.50. The van der Waals surface area contributed by atoms with Crippen molar-refractivity contribution in [3.63, 3.8) is 0 Å². The molecule has 114 valence electrons. The molecule has 3 aliphatic heterocycles. The van der Waals surface area contributed by atoms with Crippen LogP contribution in [0.2, 0.25) is 0 Å². The Morgan fingerprint density at radius 2 is 1.70 bits per heavy atom. The molecule has 4 rings (SSSR count). The molecule has 6 nitrogen and oxygen atoms in total. The molecule has 0 aromatic heterocycles. The van der Waals surface area contributed by atoms with Crippen LogP contribution >= 0.6 is 0 Å². The predicted octanol–water partition coefficient (Wildman–Crippen LogP) is 2.46. The highest BCUT2D eigenvalue weighted by atomic mass is 16.7. The van der Waals surface area contributed by atoms with Crippen LogP contribution in [0.25, 0.3) is 0 Å². The van der Waals surface area contributed by atoms with Gasteiger partial charge in [0.25, 0.3) is 0 Å². The lowest BCUT2D eigenvalue weighted by atomic mass is 9.50. The summed E-state index contributed by atoms with van der Waals surface area (Å²) in [6.07, 6.45) is -0.807. The zero-order chi connectivity index (χ0) is 16.9. The van der Waals surface area contributed by atoms with Gasteiger partial charge in [0.15, 0.2) is 10.8 Å². The van der Waals surface area contributed by atoms with Gasteiger partial charge in [-0.1, -0.05) is 30.3 Å². The number of rotatable bonds is 1. The average Bonchev–Trinajstić information content (AvgIpc) is 2.54. The molecule has 23 heavy (non-hydrogen) atoms. The Hall–Kier alpha value is -2.88. The summed E-state index contributed by atoms with van der Waals surface area (Å²) in [5, 5.41) is 37.8. The van der Waals surface area contributed by atoms with E-state index in [-0.39, 0.29) is 5.90 Å². The minimum Gasteiger partial charge on any atom is -0.447 e. The summed E-state index contributed by atoms with van der Waals surface area (Å²) < 4.78 is 11.5. The van der Waals surface area contributed by atoms with E-state index < -0.39 is 28.6 Å². The van der Waals surface area contributed by atoms with Gasteiger partial charge in [0.05, 0.1) is 30.2 Å². The summed E-state index contributed by atoms with van der Waals surface area (Å²) in [5.74, 6) is -2.55. The third-order valence-corrected chi connectivity index (χ3v) is 4.92. The first-order valence-electron chi connectivity index (χ1n) is 7.16. The van der Waals surface area contributed by atoms with Gasteiger partial charge in [0.1, 0.15) is 0 Å². The molecule has 0 aliphatic carbocycles. The molecular formula is C17H14N4O2. The molecule has 4 atom stereocenters. The number of nitriles is 3. The fourth-order valence-corrected chi connectivity index (χ4v) is 3.94. The Morgan fingerprint density at radius 1 is 1.09 bits per heavy atom. The van der Waals surface area contributed by atoms with E-state index >= 15 is 0 Å². The number of hydrogen-bond acceptors (Lipinski definition) is 6. The van der Waals surface area contributed by atoms with Crippen molar-refractivity contribution in [2.24, 2.45) is 10.8 Å². The van der Waals surface area contributed by atoms with Gasteiger partial charge >= 0.3 is 0 Å². The average molecular weight is 306 g/mol. The van der Waals surface area contributed by atoms with E-state index in [1.807, 2.05) is 24.3 Å². The molecule has 1 aromatic carbocycles. The molecule has 0 saturated carbocycles. The van der Waals surface area contributed by atoms with Crippen LogP contribution in [-0.2, 0) is 9.47 Å². The maximum absolute atomic E-state index is 9.91. The van der Waals surface area contributed by atoms with Crippen molar-refractivity contribution >= 4 is 5.90 Å². The summed E-state index contributed by atoms with van der Waals surface area (Å²) >= 11 is 0.